The Balaban J connectivity index is 2.32. The van der Waals surface area contributed by atoms with Crippen LogP contribution in [0, 0.1) is 11.3 Å². The number of nitrogens with zero attached hydrogens (tertiary/aromatic N) is 1. The van der Waals surface area contributed by atoms with Gasteiger partial charge in [0.15, 0.2) is 11.5 Å². The highest BCUT2D eigenvalue weighted by atomic mass is 35.5. The van der Waals surface area contributed by atoms with E-state index in [-0.39, 0.29) is 12.2 Å². The van der Waals surface area contributed by atoms with E-state index in [0.717, 1.165) is 0 Å². The van der Waals surface area contributed by atoms with E-state index in [4.69, 9.17) is 21.1 Å². The molecule has 0 aromatic heterocycles. The summed E-state index contributed by atoms with van der Waals surface area (Å²) in [4.78, 5) is 12.3. The Bertz CT molecular complexity index is 886. The van der Waals surface area contributed by atoms with Crippen molar-refractivity contribution in [2.24, 2.45) is 0 Å². The molecule has 0 bridgehead atoms. The van der Waals surface area contributed by atoms with E-state index in [1.54, 1.807) is 42.5 Å². The number of anilines is 1. The first-order chi connectivity index (χ1) is 13.1. The SMILES string of the molecule is C=CCOc1c(Cl)cc(/C=C(\C#N)C(=O)Nc2ccccc2)cc1OCC. The topological polar surface area (TPSA) is 71.3 Å². The molecular formula is C21H19ClN2O3. The molecule has 0 heterocycles. The van der Waals surface area contributed by atoms with Gasteiger partial charge in [0.2, 0.25) is 0 Å². The standard InChI is InChI=1S/C21H19ClN2O3/c1-3-10-27-20-18(22)12-15(13-19(20)26-4-2)11-16(14-23)21(25)24-17-8-6-5-7-9-17/h3,5-9,11-13H,1,4,10H2,2H3,(H,24,25)/b16-11+. The summed E-state index contributed by atoms with van der Waals surface area (Å²) in [6.45, 7) is 6.12. The summed E-state index contributed by atoms with van der Waals surface area (Å²) < 4.78 is 11.1. The molecule has 6 heteroatoms. The molecule has 2 rings (SSSR count). The summed E-state index contributed by atoms with van der Waals surface area (Å²) >= 11 is 6.29. The molecule has 1 N–H and O–H groups in total. The lowest BCUT2D eigenvalue weighted by atomic mass is 10.1. The van der Waals surface area contributed by atoms with Gasteiger partial charge in [-0.2, -0.15) is 5.26 Å². The van der Waals surface area contributed by atoms with Gasteiger partial charge in [-0.1, -0.05) is 42.5 Å². The van der Waals surface area contributed by atoms with E-state index in [1.165, 1.54) is 6.08 Å². The molecule has 0 saturated heterocycles. The molecule has 27 heavy (non-hydrogen) atoms. The zero-order valence-corrected chi connectivity index (χ0v) is 15.6. The second kappa shape index (κ2) is 10.0. The molecule has 0 atom stereocenters. The van der Waals surface area contributed by atoms with Crippen molar-refractivity contribution in [2.45, 2.75) is 6.92 Å². The molecule has 0 aliphatic rings. The Kier molecular flexibility index (Phi) is 7.48. The highest BCUT2D eigenvalue weighted by molar-refractivity contribution is 6.32. The molecule has 1 amide bonds. The first-order valence-corrected chi connectivity index (χ1v) is 8.65. The molecule has 2 aromatic rings. The predicted molar refractivity (Wildman–Crippen MR) is 107 cm³/mol. The zero-order valence-electron chi connectivity index (χ0n) is 14.9. The summed E-state index contributed by atoms with van der Waals surface area (Å²) in [5.41, 5.74) is 1.09. The fraction of sp³-hybridized carbons (Fsp3) is 0.143. The number of nitrogens with one attached hydrogen (secondary N) is 1. The maximum Gasteiger partial charge on any atom is 0.266 e. The summed E-state index contributed by atoms with van der Waals surface area (Å²) in [5.74, 6) is 0.312. The maximum atomic E-state index is 12.3. The van der Waals surface area contributed by atoms with Gasteiger partial charge >= 0.3 is 0 Å². The van der Waals surface area contributed by atoms with Gasteiger partial charge < -0.3 is 14.8 Å². The number of amides is 1. The second-order valence-corrected chi connectivity index (χ2v) is 5.76. The molecule has 2 aromatic carbocycles. The first kappa shape index (κ1) is 20.1. The number of carbonyl (C=O) groups excluding carboxylic acids is 1. The summed E-state index contributed by atoms with van der Waals surface area (Å²) in [5, 5.41) is 12.4. The van der Waals surface area contributed by atoms with Crippen molar-refractivity contribution in [3.63, 3.8) is 0 Å². The van der Waals surface area contributed by atoms with Gasteiger partial charge in [0, 0.05) is 5.69 Å². The van der Waals surface area contributed by atoms with Crippen LogP contribution in [0.3, 0.4) is 0 Å². The van der Waals surface area contributed by atoms with Crippen LogP contribution in [0.25, 0.3) is 6.08 Å². The minimum absolute atomic E-state index is 0.0582. The third-order valence-corrected chi connectivity index (χ3v) is 3.67. The number of halogens is 1. The fourth-order valence-corrected chi connectivity index (χ4v) is 2.53. The van der Waals surface area contributed by atoms with Crippen LogP contribution in [0.4, 0.5) is 5.69 Å². The lowest BCUT2D eigenvalue weighted by Crippen LogP contribution is -2.13. The summed E-state index contributed by atoms with van der Waals surface area (Å²) in [7, 11) is 0. The summed E-state index contributed by atoms with van der Waals surface area (Å²) in [6, 6.07) is 14.1. The van der Waals surface area contributed by atoms with Gasteiger partial charge in [-0.05, 0) is 42.8 Å². The molecule has 0 aliphatic heterocycles. The monoisotopic (exact) mass is 382 g/mol. The normalized spacial score (nSPS) is 10.6. The number of ether oxygens (including phenoxy) is 2. The third-order valence-electron chi connectivity index (χ3n) is 3.38. The fourth-order valence-electron chi connectivity index (χ4n) is 2.25. The molecular weight excluding hydrogens is 364 g/mol. The Hall–Kier alpha value is -3.23. The molecule has 0 aliphatic carbocycles. The van der Waals surface area contributed by atoms with Crippen molar-refractivity contribution in [2.75, 3.05) is 18.5 Å². The smallest absolute Gasteiger partial charge is 0.266 e. The van der Waals surface area contributed by atoms with Crippen molar-refractivity contribution in [1.82, 2.24) is 0 Å². The predicted octanol–water partition coefficient (Wildman–Crippen LogP) is 4.85. The van der Waals surface area contributed by atoms with Crippen LogP contribution in [-0.4, -0.2) is 19.1 Å². The number of hydrogen-bond donors (Lipinski definition) is 1. The average Bonchev–Trinajstić information content (AvgIpc) is 2.66. The van der Waals surface area contributed by atoms with Crippen molar-refractivity contribution >= 4 is 29.3 Å². The van der Waals surface area contributed by atoms with Gasteiger partial charge in [0.05, 0.1) is 11.6 Å². The highest BCUT2D eigenvalue weighted by Gasteiger charge is 2.14. The van der Waals surface area contributed by atoms with Crippen molar-refractivity contribution < 1.29 is 14.3 Å². The van der Waals surface area contributed by atoms with E-state index in [9.17, 15) is 10.1 Å². The Morgan fingerprint density at radius 2 is 2.04 bits per heavy atom. The number of nitriles is 1. The van der Waals surface area contributed by atoms with E-state index in [0.29, 0.717) is 34.4 Å². The molecule has 138 valence electrons. The van der Waals surface area contributed by atoms with Gasteiger partial charge in [-0.3, -0.25) is 4.79 Å². The van der Waals surface area contributed by atoms with Gasteiger partial charge in [0.1, 0.15) is 18.2 Å². The van der Waals surface area contributed by atoms with Crippen LogP contribution in [0.2, 0.25) is 5.02 Å². The molecule has 0 fully saturated rings. The van der Waals surface area contributed by atoms with Crippen LogP contribution >= 0.6 is 11.6 Å². The summed E-state index contributed by atoms with van der Waals surface area (Å²) in [6.07, 6.45) is 3.05. The van der Waals surface area contributed by atoms with Crippen LogP contribution < -0.4 is 14.8 Å². The van der Waals surface area contributed by atoms with E-state index in [2.05, 4.69) is 11.9 Å². The van der Waals surface area contributed by atoms with E-state index >= 15 is 0 Å². The van der Waals surface area contributed by atoms with Gasteiger partial charge in [-0.15, -0.1) is 0 Å². The average molecular weight is 383 g/mol. The number of benzene rings is 2. The molecule has 0 radical (unpaired) electrons. The van der Waals surface area contributed by atoms with Gasteiger partial charge in [-0.25, -0.2) is 0 Å². The van der Waals surface area contributed by atoms with Crippen LogP contribution in [0.5, 0.6) is 11.5 Å². The minimum atomic E-state index is -0.509. The van der Waals surface area contributed by atoms with Crippen LogP contribution in [0.15, 0.2) is 60.7 Å². The molecule has 0 unspecified atom stereocenters. The molecule has 0 spiro atoms. The Morgan fingerprint density at radius 3 is 2.67 bits per heavy atom. The number of rotatable bonds is 8. The highest BCUT2D eigenvalue weighted by Crippen LogP contribution is 2.37. The molecule has 0 saturated carbocycles. The quantitative estimate of drug-likeness (QED) is 0.402. The largest absolute Gasteiger partial charge is 0.490 e. The minimum Gasteiger partial charge on any atom is -0.490 e. The Morgan fingerprint density at radius 1 is 1.30 bits per heavy atom. The number of hydrogen-bond acceptors (Lipinski definition) is 4. The molecule has 5 nitrogen and oxygen atoms in total. The van der Waals surface area contributed by atoms with Crippen molar-refractivity contribution in [1.29, 1.82) is 5.26 Å². The van der Waals surface area contributed by atoms with Crippen LogP contribution in [0.1, 0.15) is 12.5 Å². The number of para-hydroxylation sites is 1. The van der Waals surface area contributed by atoms with Gasteiger partial charge in [0.25, 0.3) is 5.91 Å². The lowest BCUT2D eigenvalue weighted by Gasteiger charge is -2.13. The van der Waals surface area contributed by atoms with Crippen molar-refractivity contribution in [3.05, 3.63) is 71.3 Å². The zero-order chi connectivity index (χ0) is 19.6. The third kappa shape index (κ3) is 5.63. The first-order valence-electron chi connectivity index (χ1n) is 8.27. The lowest BCUT2D eigenvalue weighted by molar-refractivity contribution is -0.112. The van der Waals surface area contributed by atoms with E-state index < -0.39 is 5.91 Å². The second-order valence-electron chi connectivity index (χ2n) is 5.35. The maximum absolute atomic E-state index is 12.3. The van der Waals surface area contributed by atoms with Crippen molar-refractivity contribution in [3.8, 4) is 17.6 Å². The van der Waals surface area contributed by atoms with Crippen LogP contribution in [-0.2, 0) is 4.79 Å². The Labute approximate surface area is 163 Å². The number of carbonyl (C=O) groups is 1. The van der Waals surface area contributed by atoms with E-state index in [1.807, 2.05) is 19.1 Å².